The van der Waals surface area contributed by atoms with Gasteiger partial charge in [0, 0.05) is 6.20 Å². The molecule has 0 aliphatic heterocycles. The number of carbonyl (C=O) groups excluding carboxylic acids is 2. The molecular formula is C12H10ClN3O3. The van der Waals surface area contributed by atoms with Crippen molar-refractivity contribution < 1.29 is 14.3 Å². The van der Waals surface area contributed by atoms with E-state index in [2.05, 4.69) is 10.1 Å². The average Bonchev–Trinajstić information content (AvgIpc) is 2.84. The van der Waals surface area contributed by atoms with Crippen LogP contribution >= 0.6 is 11.6 Å². The molecule has 2 aromatic rings. The highest BCUT2D eigenvalue weighted by atomic mass is 35.5. The number of aromatic nitrogens is 3. The van der Waals surface area contributed by atoms with Gasteiger partial charge >= 0.3 is 5.97 Å². The van der Waals surface area contributed by atoms with Gasteiger partial charge in [0.25, 0.3) is 0 Å². The molecule has 0 bridgehead atoms. The van der Waals surface area contributed by atoms with Gasteiger partial charge in [0.15, 0.2) is 12.0 Å². The zero-order chi connectivity index (χ0) is 13.8. The van der Waals surface area contributed by atoms with E-state index in [1.807, 2.05) is 0 Å². The van der Waals surface area contributed by atoms with Crippen molar-refractivity contribution in [3.05, 3.63) is 40.9 Å². The SMILES string of the molecule is CCOC(=O)c1nn(-c2ccc(Cl)nc2)cc1C=O. The van der Waals surface area contributed by atoms with Crippen LogP contribution in [0.4, 0.5) is 0 Å². The fourth-order valence-corrected chi connectivity index (χ4v) is 1.58. The maximum Gasteiger partial charge on any atom is 0.359 e. The fraction of sp³-hybridized carbons (Fsp3) is 0.167. The average molecular weight is 280 g/mol. The van der Waals surface area contributed by atoms with Crippen LogP contribution in [0.2, 0.25) is 5.15 Å². The van der Waals surface area contributed by atoms with E-state index in [0.717, 1.165) is 0 Å². The Hall–Kier alpha value is -2.21. The topological polar surface area (TPSA) is 74.1 Å². The first-order valence-electron chi connectivity index (χ1n) is 5.49. The Morgan fingerprint density at radius 3 is 2.89 bits per heavy atom. The van der Waals surface area contributed by atoms with E-state index in [1.54, 1.807) is 19.1 Å². The molecule has 0 aliphatic rings. The number of halogens is 1. The number of rotatable bonds is 4. The Morgan fingerprint density at radius 2 is 2.32 bits per heavy atom. The molecule has 2 rings (SSSR count). The van der Waals surface area contributed by atoms with Crippen LogP contribution in [0, 0.1) is 0 Å². The van der Waals surface area contributed by atoms with Crippen LogP contribution in [-0.4, -0.2) is 33.6 Å². The number of carbonyl (C=O) groups is 2. The summed E-state index contributed by atoms with van der Waals surface area (Å²) in [4.78, 5) is 26.5. The van der Waals surface area contributed by atoms with E-state index >= 15 is 0 Å². The fourth-order valence-electron chi connectivity index (χ4n) is 1.47. The largest absolute Gasteiger partial charge is 0.461 e. The Balaban J connectivity index is 2.40. The number of pyridine rings is 1. The minimum absolute atomic E-state index is 0.0215. The van der Waals surface area contributed by atoms with E-state index in [9.17, 15) is 9.59 Å². The third kappa shape index (κ3) is 2.79. The summed E-state index contributed by atoms with van der Waals surface area (Å²) in [7, 11) is 0. The van der Waals surface area contributed by atoms with Crippen LogP contribution in [0.15, 0.2) is 24.5 Å². The van der Waals surface area contributed by atoms with Crippen LogP contribution in [0.25, 0.3) is 5.69 Å². The molecule has 2 aromatic heterocycles. The van der Waals surface area contributed by atoms with Gasteiger partial charge in [-0.15, -0.1) is 0 Å². The smallest absolute Gasteiger partial charge is 0.359 e. The van der Waals surface area contributed by atoms with Crippen LogP contribution in [0.5, 0.6) is 0 Å². The molecule has 0 saturated heterocycles. The van der Waals surface area contributed by atoms with Crippen molar-refractivity contribution in [3.63, 3.8) is 0 Å². The van der Waals surface area contributed by atoms with Gasteiger partial charge in [-0.25, -0.2) is 14.5 Å². The molecule has 0 saturated carbocycles. The molecular weight excluding hydrogens is 270 g/mol. The summed E-state index contributed by atoms with van der Waals surface area (Å²) in [5.41, 5.74) is 0.725. The van der Waals surface area contributed by atoms with Crippen LogP contribution < -0.4 is 0 Å². The molecule has 0 amide bonds. The zero-order valence-electron chi connectivity index (χ0n) is 10.0. The quantitative estimate of drug-likeness (QED) is 0.485. The summed E-state index contributed by atoms with van der Waals surface area (Å²) in [6.45, 7) is 1.89. The summed E-state index contributed by atoms with van der Waals surface area (Å²) < 4.78 is 6.20. The summed E-state index contributed by atoms with van der Waals surface area (Å²) in [6, 6.07) is 3.26. The Bertz CT molecular complexity index is 607. The maximum atomic E-state index is 11.6. The van der Waals surface area contributed by atoms with Crippen molar-refractivity contribution in [2.75, 3.05) is 6.61 Å². The van der Waals surface area contributed by atoms with Crippen LogP contribution in [0.3, 0.4) is 0 Å². The molecule has 98 valence electrons. The second-order valence-electron chi connectivity index (χ2n) is 3.56. The first kappa shape index (κ1) is 13.2. The number of esters is 1. The van der Waals surface area contributed by atoms with Gasteiger partial charge in [0.05, 0.1) is 24.1 Å². The zero-order valence-corrected chi connectivity index (χ0v) is 10.8. The third-order valence-electron chi connectivity index (χ3n) is 2.31. The Labute approximate surface area is 114 Å². The van der Waals surface area contributed by atoms with Crippen molar-refractivity contribution >= 4 is 23.9 Å². The van der Waals surface area contributed by atoms with Gasteiger partial charge < -0.3 is 4.74 Å². The third-order valence-corrected chi connectivity index (χ3v) is 2.54. The highest BCUT2D eigenvalue weighted by molar-refractivity contribution is 6.29. The van der Waals surface area contributed by atoms with Crippen LogP contribution in [0.1, 0.15) is 27.8 Å². The highest BCUT2D eigenvalue weighted by Gasteiger charge is 2.18. The van der Waals surface area contributed by atoms with Crippen molar-refractivity contribution in [2.45, 2.75) is 6.92 Å². The number of ether oxygens (including phenoxy) is 1. The van der Waals surface area contributed by atoms with Crippen molar-refractivity contribution in [3.8, 4) is 5.69 Å². The Kier molecular flexibility index (Phi) is 3.91. The van der Waals surface area contributed by atoms with E-state index in [0.29, 0.717) is 17.1 Å². The van der Waals surface area contributed by atoms with E-state index in [-0.39, 0.29) is 17.9 Å². The lowest BCUT2D eigenvalue weighted by Crippen LogP contribution is -2.08. The molecule has 0 radical (unpaired) electrons. The van der Waals surface area contributed by atoms with Gasteiger partial charge in [0.1, 0.15) is 5.15 Å². The number of nitrogens with zero attached hydrogens (tertiary/aromatic N) is 3. The van der Waals surface area contributed by atoms with E-state index < -0.39 is 5.97 Å². The molecule has 19 heavy (non-hydrogen) atoms. The minimum atomic E-state index is -0.634. The summed E-state index contributed by atoms with van der Waals surface area (Å²) >= 11 is 5.68. The van der Waals surface area contributed by atoms with Crippen molar-refractivity contribution in [2.24, 2.45) is 0 Å². The van der Waals surface area contributed by atoms with Gasteiger partial charge in [-0.3, -0.25) is 4.79 Å². The van der Waals surface area contributed by atoms with Crippen molar-refractivity contribution in [1.29, 1.82) is 0 Å². The molecule has 0 N–H and O–H groups in total. The van der Waals surface area contributed by atoms with Crippen molar-refractivity contribution in [1.82, 2.24) is 14.8 Å². The van der Waals surface area contributed by atoms with E-state index in [4.69, 9.17) is 16.3 Å². The molecule has 7 heteroatoms. The molecule has 0 fully saturated rings. The first-order chi connectivity index (χ1) is 9.15. The molecule has 0 spiro atoms. The second-order valence-corrected chi connectivity index (χ2v) is 3.94. The normalized spacial score (nSPS) is 10.2. The maximum absolute atomic E-state index is 11.6. The lowest BCUT2D eigenvalue weighted by Gasteiger charge is -2.00. The highest BCUT2D eigenvalue weighted by Crippen LogP contribution is 2.13. The monoisotopic (exact) mass is 279 g/mol. The molecule has 0 aromatic carbocycles. The molecule has 0 unspecified atom stereocenters. The van der Waals surface area contributed by atoms with Gasteiger partial charge in [-0.2, -0.15) is 5.10 Å². The molecule has 0 atom stereocenters. The minimum Gasteiger partial charge on any atom is -0.461 e. The molecule has 6 nitrogen and oxygen atoms in total. The van der Waals surface area contributed by atoms with Gasteiger partial charge in [-0.1, -0.05) is 11.6 Å². The lowest BCUT2D eigenvalue weighted by atomic mass is 10.3. The molecule has 0 aliphatic carbocycles. The van der Waals surface area contributed by atoms with Crippen LogP contribution in [-0.2, 0) is 4.74 Å². The predicted octanol–water partition coefficient (Wildman–Crippen LogP) is 1.91. The lowest BCUT2D eigenvalue weighted by molar-refractivity contribution is 0.0517. The first-order valence-corrected chi connectivity index (χ1v) is 5.87. The summed E-state index contributed by atoms with van der Waals surface area (Å²) in [6.07, 6.45) is 3.47. The second kappa shape index (κ2) is 5.62. The predicted molar refractivity (Wildman–Crippen MR) is 67.7 cm³/mol. The van der Waals surface area contributed by atoms with Gasteiger partial charge in [0.2, 0.25) is 0 Å². The molecule has 2 heterocycles. The Morgan fingerprint density at radius 1 is 1.53 bits per heavy atom. The summed E-state index contributed by atoms with van der Waals surface area (Å²) in [5.74, 6) is -0.634. The standard InChI is InChI=1S/C12H10ClN3O3/c1-2-19-12(18)11-8(7-17)6-16(15-11)9-3-4-10(13)14-5-9/h3-7H,2H2,1H3. The van der Waals surface area contributed by atoms with Gasteiger partial charge in [-0.05, 0) is 19.1 Å². The summed E-state index contributed by atoms with van der Waals surface area (Å²) in [5, 5.41) is 4.37. The van der Waals surface area contributed by atoms with E-state index in [1.165, 1.54) is 17.1 Å². The number of hydrogen-bond donors (Lipinski definition) is 0. The number of hydrogen-bond acceptors (Lipinski definition) is 5. The number of aldehydes is 1.